The zero-order chi connectivity index (χ0) is 31.3. The van der Waals surface area contributed by atoms with Crippen molar-refractivity contribution in [3.8, 4) is 22.3 Å². The van der Waals surface area contributed by atoms with Crippen LogP contribution in [-0.2, 0) is 0 Å². The highest BCUT2D eigenvalue weighted by molar-refractivity contribution is 7.26. The third-order valence-corrected chi connectivity index (χ3v) is 12.1. The number of hydrogen-bond donors (Lipinski definition) is 0. The van der Waals surface area contributed by atoms with Crippen molar-refractivity contribution in [2.45, 2.75) is 0 Å². The lowest BCUT2D eigenvalue weighted by atomic mass is 9.94. The third kappa shape index (κ3) is 3.73. The fraction of sp³-hybridized carbons (Fsp3) is 0. The van der Waals surface area contributed by atoms with Crippen LogP contribution in [0.4, 0.5) is 0 Å². The monoisotopic (exact) mass is 644 g/mol. The molecule has 4 heteroatoms. The Morgan fingerprint density at radius 1 is 0.375 bits per heavy atom. The van der Waals surface area contributed by atoms with Gasteiger partial charge in [0.05, 0.1) is 11.0 Å². The Bertz CT molecular complexity index is 3130. The van der Waals surface area contributed by atoms with Gasteiger partial charge in [0.25, 0.3) is 0 Å². The van der Waals surface area contributed by atoms with Crippen molar-refractivity contribution in [3.05, 3.63) is 146 Å². The number of hydrogen-bond acceptors (Lipinski definition) is 4. The van der Waals surface area contributed by atoms with Crippen LogP contribution in [0.2, 0.25) is 0 Å². The summed E-state index contributed by atoms with van der Waals surface area (Å²) in [6.45, 7) is 0. The Hall–Kier alpha value is -5.68. The Balaban J connectivity index is 1.12. The average molecular weight is 645 g/mol. The first kappa shape index (κ1) is 26.4. The second-order valence-electron chi connectivity index (χ2n) is 12.5. The molecule has 0 unspecified atom stereocenters. The summed E-state index contributed by atoms with van der Waals surface area (Å²) < 4.78 is 3.87. The molecule has 0 aliphatic carbocycles. The van der Waals surface area contributed by atoms with E-state index < -0.39 is 0 Å². The standard InChI is InChI=1S/C44H24N2S2/c1-2-13-29-28(10-1)24-35(43-39(29)34-18-7-8-19-37(34)47-43)27-12-9-11-25(22-27)26-20-21-38-36(23-26)42-44(48-38)46-41-33-17-6-4-15-31(33)30-14-3-5-16-32(30)40(41)45-42/h1-24H. The van der Waals surface area contributed by atoms with Gasteiger partial charge >= 0.3 is 0 Å². The molecule has 11 rings (SSSR count). The zero-order valence-corrected chi connectivity index (χ0v) is 27.2. The van der Waals surface area contributed by atoms with E-state index in [0.29, 0.717) is 0 Å². The summed E-state index contributed by atoms with van der Waals surface area (Å²) >= 11 is 3.62. The van der Waals surface area contributed by atoms with Crippen LogP contribution in [-0.4, -0.2) is 9.97 Å². The van der Waals surface area contributed by atoms with Crippen LogP contribution in [0.3, 0.4) is 0 Å². The topological polar surface area (TPSA) is 25.8 Å². The third-order valence-electron chi connectivity index (χ3n) is 9.84. The van der Waals surface area contributed by atoms with Gasteiger partial charge in [0.15, 0.2) is 0 Å². The van der Waals surface area contributed by atoms with Crippen LogP contribution in [0.1, 0.15) is 0 Å². The van der Waals surface area contributed by atoms with Crippen molar-refractivity contribution in [2.75, 3.05) is 0 Å². The predicted octanol–water partition coefficient (Wildman–Crippen LogP) is 13.2. The minimum atomic E-state index is 0.965. The lowest BCUT2D eigenvalue weighted by molar-refractivity contribution is 1.46. The van der Waals surface area contributed by atoms with Gasteiger partial charge in [0.2, 0.25) is 0 Å². The SMILES string of the molecule is c1cc(-c2ccc3sc4nc5c6ccccc6c6ccccc6c5nc4c3c2)cc(-c2cc3ccccc3c3c2sc2ccccc23)c1. The van der Waals surface area contributed by atoms with E-state index in [2.05, 4.69) is 146 Å². The first-order valence-corrected chi connectivity index (χ1v) is 17.8. The summed E-state index contributed by atoms with van der Waals surface area (Å²) in [4.78, 5) is 11.6. The quantitative estimate of drug-likeness (QED) is 0.175. The van der Waals surface area contributed by atoms with Gasteiger partial charge in [-0.2, -0.15) is 0 Å². The summed E-state index contributed by atoms with van der Waals surface area (Å²) in [5.41, 5.74) is 7.80. The van der Waals surface area contributed by atoms with Crippen LogP contribution in [0.15, 0.2) is 146 Å². The largest absolute Gasteiger partial charge is 0.242 e. The lowest BCUT2D eigenvalue weighted by Crippen LogP contribution is -1.89. The van der Waals surface area contributed by atoms with Crippen LogP contribution < -0.4 is 0 Å². The van der Waals surface area contributed by atoms with Crippen LogP contribution >= 0.6 is 22.7 Å². The van der Waals surface area contributed by atoms with Gasteiger partial charge in [-0.05, 0) is 68.6 Å². The molecule has 0 spiro atoms. The number of rotatable bonds is 2. The molecule has 0 N–H and O–H groups in total. The summed E-state index contributed by atoms with van der Waals surface area (Å²) in [5.74, 6) is 0. The fourth-order valence-electron chi connectivity index (χ4n) is 7.63. The van der Waals surface area contributed by atoms with E-state index in [1.165, 1.54) is 68.7 Å². The number of nitrogens with zero attached hydrogens (tertiary/aromatic N) is 2. The highest BCUT2D eigenvalue weighted by atomic mass is 32.1. The molecule has 222 valence electrons. The number of benzene rings is 8. The van der Waals surface area contributed by atoms with Gasteiger partial charge in [-0.3, -0.25) is 0 Å². The van der Waals surface area contributed by atoms with Crippen molar-refractivity contribution < 1.29 is 0 Å². The summed E-state index contributed by atoms with van der Waals surface area (Å²) in [7, 11) is 0. The molecule has 0 amide bonds. The van der Waals surface area contributed by atoms with E-state index in [0.717, 1.165) is 37.5 Å². The van der Waals surface area contributed by atoms with E-state index >= 15 is 0 Å². The molecule has 0 aliphatic heterocycles. The fourth-order valence-corrected chi connectivity index (χ4v) is 9.89. The van der Waals surface area contributed by atoms with Crippen molar-refractivity contribution >= 4 is 107 Å². The minimum Gasteiger partial charge on any atom is -0.242 e. The van der Waals surface area contributed by atoms with Gasteiger partial charge in [0.1, 0.15) is 10.3 Å². The maximum atomic E-state index is 5.38. The highest BCUT2D eigenvalue weighted by Crippen LogP contribution is 2.45. The minimum absolute atomic E-state index is 0.965. The van der Waals surface area contributed by atoms with Crippen molar-refractivity contribution in [1.82, 2.24) is 9.97 Å². The molecule has 0 aliphatic rings. The van der Waals surface area contributed by atoms with Crippen molar-refractivity contribution in [2.24, 2.45) is 0 Å². The Kier molecular flexibility index (Phi) is 5.45. The number of fused-ring (bicyclic) bond motifs is 14. The number of thiophene rings is 2. The van der Waals surface area contributed by atoms with E-state index in [4.69, 9.17) is 9.97 Å². The molecular formula is C44H24N2S2. The average Bonchev–Trinajstić information content (AvgIpc) is 3.72. The summed E-state index contributed by atoms with van der Waals surface area (Å²) in [5, 5.41) is 11.2. The van der Waals surface area contributed by atoms with Gasteiger partial charge in [0, 0.05) is 46.6 Å². The molecule has 0 saturated heterocycles. The zero-order valence-electron chi connectivity index (χ0n) is 25.6. The molecule has 0 fully saturated rings. The maximum Gasteiger partial charge on any atom is 0.143 e. The molecule has 8 aromatic carbocycles. The van der Waals surface area contributed by atoms with E-state index in [1.807, 2.05) is 11.3 Å². The first-order chi connectivity index (χ1) is 23.8. The molecule has 3 heterocycles. The van der Waals surface area contributed by atoms with E-state index in [1.54, 1.807) is 11.3 Å². The van der Waals surface area contributed by atoms with E-state index in [-0.39, 0.29) is 0 Å². The molecule has 2 nitrogen and oxygen atoms in total. The van der Waals surface area contributed by atoms with E-state index in [9.17, 15) is 0 Å². The molecule has 11 aromatic rings. The molecule has 0 bridgehead atoms. The van der Waals surface area contributed by atoms with Gasteiger partial charge < -0.3 is 0 Å². The van der Waals surface area contributed by atoms with Gasteiger partial charge in [-0.1, -0.05) is 115 Å². The van der Waals surface area contributed by atoms with Crippen molar-refractivity contribution in [3.63, 3.8) is 0 Å². The van der Waals surface area contributed by atoms with Crippen molar-refractivity contribution in [1.29, 1.82) is 0 Å². The molecule has 0 saturated carbocycles. The normalized spacial score (nSPS) is 12.2. The van der Waals surface area contributed by atoms with Crippen LogP contribution in [0, 0.1) is 0 Å². The lowest BCUT2D eigenvalue weighted by Gasteiger charge is -2.10. The second kappa shape index (κ2) is 9.91. The Morgan fingerprint density at radius 2 is 1.00 bits per heavy atom. The summed E-state index contributed by atoms with van der Waals surface area (Å²) in [6, 6.07) is 52.9. The Labute approximate surface area is 283 Å². The van der Waals surface area contributed by atoms with Gasteiger partial charge in [-0.15, -0.1) is 22.7 Å². The second-order valence-corrected chi connectivity index (χ2v) is 14.6. The summed E-state index contributed by atoms with van der Waals surface area (Å²) in [6.07, 6.45) is 0. The Morgan fingerprint density at radius 3 is 1.81 bits per heavy atom. The molecule has 0 atom stereocenters. The van der Waals surface area contributed by atoms with Crippen LogP contribution in [0.5, 0.6) is 0 Å². The van der Waals surface area contributed by atoms with Crippen LogP contribution in [0.25, 0.3) is 106 Å². The molecule has 48 heavy (non-hydrogen) atoms. The predicted molar refractivity (Wildman–Crippen MR) is 209 cm³/mol. The first-order valence-electron chi connectivity index (χ1n) is 16.2. The smallest absolute Gasteiger partial charge is 0.143 e. The van der Waals surface area contributed by atoms with Gasteiger partial charge in [-0.25, -0.2) is 9.97 Å². The number of aromatic nitrogens is 2. The highest BCUT2D eigenvalue weighted by Gasteiger charge is 2.17. The molecule has 3 aromatic heterocycles. The molecule has 0 radical (unpaired) electrons. The maximum absolute atomic E-state index is 5.38. The molecular weight excluding hydrogens is 621 g/mol.